The lowest BCUT2D eigenvalue weighted by atomic mass is 9.99. The van der Waals surface area contributed by atoms with Crippen LogP contribution >= 0.6 is 0 Å². The number of fused-ring (bicyclic) bond motifs is 7. The van der Waals surface area contributed by atoms with Gasteiger partial charge in [-0.15, -0.1) is 0 Å². The summed E-state index contributed by atoms with van der Waals surface area (Å²) in [6.07, 6.45) is 0. The van der Waals surface area contributed by atoms with Gasteiger partial charge >= 0.3 is 0 Å². The summed E-state index contributed by atoms with van der Waals surface area (Å²) in [4.78, 5) is 2.44. The first-order valence-corrected chi connectivity index (χ1v) is 24.8. The van der Waals surface area contributed by atoms with Crippen LogP contribution in [-0.2, 0) is 0 Å². The summed E-state index contributed by atoms with van der Waals surface area (Å²) < 4.78 is 0. The first kappa shape index (κ1) is 31.9. The van der Waals surface area contributed by atoms with Gasteiger partial charge in [0.25, 0.3) is 0 Å². The lowest BCUT2D eigenvalue weighted by Crippen LogP contribution is -2.49. The van der Waals surface area contributed by atoms with Crippen LogP contribution in [0.5, 0.6) is 0 Å². The molecule has 0 saturated heterocycles. The fourth-order valence-corrected chi connectivity index (χ4v) is 15.3. The van der Waals surface area contributed by atoms with Gasteiger partial charge in [-0.05, 0) is 118 Å². The molecule has 10 rings (SSSR count). The smallest absolute Gasteiger partial charge is 0.113 e. The van der Waals surface area contributed by atoms with Crippen LogP contribution in [0, 0.1) is 0 Å². The van der Waals surface area contributed by atoms with Crippen LogP contribution in [0.1, 0.15) is 0 Å². The standard InChI is InChI=1S/C50H41NSi2/c1-52(2)47-15-9-7-13-43(47)45-29-23-39(32-49(45)52)36-21-26-41(27-22-36)51(42-28-30-46-44-14-8-10-16-48(44)53(3,4)50(46)33-42)40-24-19-35(20-25-40)38-18-17-34-11-5-6-12-37(34)31-38/h5-33H,1-4H3. The molecule has 2 heterocycles. The molecule has 8 aromatic carbocycles. The maximum Gasteiger partial charge on any atom is 0.113 e. The minimum absolute atomic E-state index is 1.15. The second kappa shape index (κ2) is 11.9. The summed E-state index contributed by atoms with van der Waals surface area (Å²) >= 11 is 0. The Morgan fingerprint density at radius 2 is 0.717 bits per heavy atom. The quantitative estimate of drug-likeness (QED) is 0.161. The molecular formula is C50H41NSi2. The Kier molecular flexibility index (Phi) is 7.17. The maximum atomic E-state index is 2.50. The molecule has 0 bridgehead atoms. The molecule has 0 aliphatic carbocycles. The van der Waals surface area contributed by atoms with Crippen LogP contribution in [0.15, 0.2) is 176 Å². The Labute approximate surface area is 314 Å². The summed E-state index contributed by atoms with van der Waals surface area (Å²) in [6, 6.07) is 66.1. The number of nitrogens with zero attached hydrogens (tertiary/aromatic N) is 1. The van der Waals surface area contributed by atoms with Gasteiger partial charge in [-0.2, -0.15) is 0 Å². The molecule has 2 aliphatic heterocycles. The van der Waals surface area contributed by atoms with Gasteiger partial charge in [0.1, 0.15) is 16.1 Å². The van der Waals surface area contributed by atoms with E-state index >= 15 is 0 Å². The normalized spacial score (nSPS) is 14.3. The first-order chi connectivity index (χ1) is 25.8. The van der Waals surface area contributed by atoms with Gasteiger partial charge in [0.2, 0.25) is 0 Å². The average Bonchev–Trinajstić information content (AvgIpc) is 3.57. The monoisotopic (exact) mass is 711 g/mol. The summed E-state index contributed by atoms with van der Waals surface area (Å²) in [5.41, 5.74) is 14.2. The number of benzene rings is 8. The first-order valence-electron chi connectivity index (χ1n) is 18.8. The van der Waals surface area contributed by atoms with Gasteiger partial charge in [0.05, 0.1) is 0 Å². The SMILES string of the molecule is C[Si]1(C)c2ccccc2-c2ccc(-c3ccc(N(c4ccc(-c5ccc6ccccc6c5)cc4)c4ccc5c(c4)[Si](C)(C)c4ccccc4-5)cc3)cc21. The van der Waals surface area contributed by atoms with Gasteiger partial charge in [0, 0.05) is 17.1 Å². The summed E-state index contributed by atoms with van der Waals surface area (Å²) in [5, 5.41) is 8.67. The van der Waals surface area contributed by atoms with Crippen LogP contribution in [0.4, 0.5) is 17.1 Å². The summed E-state index contributed by atoms with van der Waals surface area (Å²) in [5.74, 6) is 0. The molecule has 0 N–H and O–H groups in total. The van der Waals surface area contributed by atoms with Crippen molar-refractivity contribution in [2.24, 2.45) is 0 Å². The van der Waals surface area contributed by atoms with E-state index in [1.54, 1.807) is 10.4 Å². The molecule has 0 amide bonds. The van der Waals surface area contributed by atoms with Crippen LogP contribution in [-0.4, -0.2) is 16.1 Å². The molecule has 2 aliphatic rings. The van der Waals surface area contributed by atoms with Crippen molar-refractivity contribution < 1.29 is 0 Å². The zero-order chi connectivity index (χ0) is 35.9. The van der Waals surface area contributed by atoms with E-state index < -0.39 is 16.1 Å². The third-order valence-corrected chi connectivity index (χ3v) is 19.2. The van der Waals surface area contributed by atoms with E-state index in [9.17, 15) is 0 Å². The van der Waals surface area contributed by atoms with Crippen molar-refractivity contribution in [3.05, 3.63) is 176 Å². The van der Waals surface area contributed by atoms with Gasteiger partial charge in [-0.3, -0.25) is 0 Å². The van der Waals surface area contributed by atoms with Crippen LogP contribution < -0.4 is 25.6 Å². The van der Waals surface area contributed by atoms with Crippen molar-refractivity contribution in [3.63, 3.8) is 0 Å². The molecule has 0 saturated carbocycles. The zero-order valence-electron chi connectivity index (χ0n) is 30.7. The van der Waals surface area contributed by atoms with Crippen molar-refractivity contribution in [1.29, 1.82) is 0 Å². The number of hydrogen-bond donors (Lipinski definition) is 0. The van der Waals surface area contributed by atoms with Crippen LogP contribution in [0.25, 0.3) is 55.3 Å². The van der Waals surface area contributed by atoms with Gasteiger partial charge < -0.3 is 4.90 Å². The van der Waals surface area contributed by atoms with Crippen molar-refractivity contribution in [2.75, 3.05) is 4.90 Å². The highest BCUT2D eigenvalue weighted by molar-refractivity contribution is 7.04. The highest BCUT2D eigenvalue weighted by Gasteiger charge is 2.38. The molecule has 0 unspecified atom stereocenters. The van der Waals surface area contributed by atoms with Crippen LogP contribution in [0.2, 0.25) is 26.2 Å². The molecule has 8 aromatic rings. The molecule has 0 radical (unpaired) electrons. The minimum atomic E-state index is -1.86. The Bertz CT molecular complexity index is 2720. The fraction of sp³-hybridized carbons (Fsp3) is 0.0800. The molecular weight excluding hydrogens is 671 g/mol. The summed E-state index contributed by atoms with van der Waals surface area (Å²) in [7, 11) is -3.61. The second-order valence-corrected chi connectivity index (χ2v) is 24.5. The van der Waals surface area contributed by atoms with Crippen molar-refractivity contribution in [3.8, 4) is 44.5 Å². The van der Waals surface area contributed by atoms with Gasteiger partial charge in [-0.25, -0.2) is 0 Å². The molecule has 0 atom stereocenters. The van der Waals surface area contributed by atoms with E-state index in [1.807, 2.05) is 0 Å². The fourth-order valence-electron chi connectivity index (χ4n) is 9.14. The third kappa shape index (κ3) is 5.03. The number of rotatable bonds is 5. The molecule has 0 spiro atoms. The van der Waals surface area contributed by atoms with E-state index in [1.165, 1.54) is 71.3 Å². The predicted octanol–water partition coefficient (Wildman–Crippen LogP) is 11.2. The molecule has 1 nitrogen and oxygen atoms in total. The Morgan fingerprint density at radius 1 is 0.302 bits per heavy atom. The number of anilines is 3. The molecule has 53 heavy (non-hydrogen) atoms. The van der Waals surface area contributed by atoms with E-state index in [4.69, 9.17) is 0 Å². The van der Waals surface area contributed by atoms with Crippen molar-refractivity contribution >= 4 is 64.7 Å². The molecule has 3 heteroatoms. The van der Waals surface area contributed by atoms with E-state index in [2.05, 4.69) is 207 Å². The van der Waals surface area contributed by atoms with E-state index in [0.29, 0.717) is 0 Å². The lowest BCUT2D eigenvalue weighted by Gasteiger charge is -2.28. The van der Waals surface area contributed by atoms with Gasteiger partial charge in [-0.1, -0.05) is 160 Å². The molecule has 254 valence electrons. The average molecular weight is 712 g/mol. The molecule has 0 aromatic heterocycles. The van der Waals surface area contributed by atoms with E-state index in [-0.39, 0.29) is 0 Å². The lowest BCUT2D eigenvalue weighted by molar-refractivity contribution is 1.29. The van der Waals surface area contributed by atoms with Crippen LogP contribution in [0.3, 0.4) is 0 Å². The number of hydrogen-bond acceptors (Lipinski definition) is 1. The Hall–Kier alpha value is -5.75. The minimum Gasteiger partial charge on any atom is -0.311 e. The third-order valence-electron chi connectivity index (χ3n) is 12.1. The van der Waals surface area contributed by atoms with Crippen molar-refractivity contribution in [1.82, 2.24) is 0 Å². The maximum absolute atomic E-state index is 2.50. The second-order valence-electron chi connectivity index (χ2n) is 15.8. The zero-order valence-corrected chi connectivity index (χ0v) is 32.7. The molecule has 0 fully saturated rings. The van der Waals surface area contributed by atoms with Crippen molar-refractivity contribution in [2.45, 2.75) is 26.2 Å². The predicted molar refractivity (Wildman–Crippen MR) is 234 cm³/mol. The van der Waals surface area contributed by atoms with E-state index in [0.717, 1.165) is 11.4 Å². The highest BCUT2D eigenvalue weighted by atomic mass is 28.3. The Balaban J connectivity index is 1.05. The topological polar surface area (TPSA) is 3.24 Å². The Morgan fingerprint density at radius 3 is 1.32 bits per heavy atom. The highest BCUT2D eigenvalue weighted by Crippen LogP contribution is 2.40. The largest absolute Gasteiger partial charge is 0.311 e. The van der Waals surface area contributed by atoms with Gasteiger partial charge in [0.15, 0.2) is 0 Å². The summed E-state index contributed by atoms with van der Waals surface area (Å²) in [6.45, 7) is 9.98.